The third-order valence-corrected chi connectivity index (χ3v) is 6.75. The molecule has 4 aromatic rings. The summed E-state index contributed by atoms with van der Waals surface area (Å²) in [4.78, 5) is 0. The van der Waals surface area contributed by atoms with Crippen LogP contribution in [0.15, 0.2) is 97.1 Å². The summed E-state index contributed by atoms with van der Waals surface area (Å²) in [7, 11) is 0. The van der Waals surface area contributed by atoms with Crippen molar-refractivity contribution in [2.45, 2.75) is 0 Å². The molecule has 0 unspecified atom stereocenters. The first-order chi connectivity index (χ1) is 17.8. The van der Waals surface area contributed by atoms with E-state index >= 15 is 0 Å². The van der Waals surface area contributed by atoms with Crippen LogP contribution in [0.4, 0.5) is 0 Å². The Morgan fingerprint density at radius 3 is 1.05 bits per heavy atom. The summed E-state index contributed by atoms with van der Waals surface area (Å²) < 4.78 is 0. The molecule has 1 heteroatoms. The zero-order chi connectivity index (χ0) is 24.2. The van der Waals surface area contributed by atoms with Crippen molar-refractivity contribution in [3.05, 3.63) is 183 Å². The maximum absolute atomic E-state index is 2.23. The van der Waals surface area contributed by atoms with Gasteiger partial charge in [0.25, 0.3) is 0 Å². The van der Waals surface area contributed by atoms with Crippen molar-refractivity contribution in [1.82, 2.24) is 0 Å². The Bertz CT molecular complexity index is 1210. The van der Waals surface area contributed by atoms with E-state index in [1.807, 2.05) is 0 Å². The fourth-order valence-electron chi connectivity index (χ4n) is 4.81. The average molecular weight is 514 g/mol. The van der Waals surface area contributed by atoms with Gasteiger partial charge in [0.2, 0.25) is 0 Å². The molecule has 2 aliphatic rings. The summed E-state index contributed by atoms with van der Waals surface area (Å²) >= 11 is 0. The predicted molar refractivity (Wildman–Crippen MR) is 152 cm³/mol. The molecule has 0 bridgehead atoms. The number of hydrogen-bond donors (Lipinski definition) is 0. The van der Waals surface area contributed by atoms with Gasteiger partial charge in [-0.15, -0.1) is 0 Å². The van der Waals surface area contributed by atoms with Crippen molar-refractivity contribution >= 4 is 12.2 Å². The maximum atomic E-state index is 2.23. The number of hydrogen-bond acceptors (Lipinski definition) is 0. The molecule has 0 spiro atoms. The Morgan fingerprint density at radius 2 is 0.676 bits per heavy atom. The van der Waals surface area contributed by atoms with Crippen molar-refractivity contribution in [1.29, 1.82) is 0 Å². The molecule has 2 aliphatic carbocycles. The van der Waals surface area contributed by atoms with Crippen LogP contribution in [-0.4, -0.2) is 0 Å². The summed E-state index contributed by atoms with van der Waals surface area (Å²) in [6.07, 6.45) is 21.4. The molecule has 0 amide bonds. The van der Waals surface area contributed by atoms with Gasteiger partial charge in [0, 0.05) is 28.9 Å². The summed E-state index contributed by atoms with van der Waals surface area (Å²) in [5.74, 6) is 2.52. The fourth-order valence-corrected chi connectivity index (χ4v) is 4.81. The molecule has 4 aromatic carbocycles. The summed E-state index contributed by atoms with van der Waals surface area (Å²) in [6.45, 7) is 0. The van der Waals surface area contributed by atoms with Crippen LogP contribution in [0.5, 0.6) is 0 Å². The van der Waals surface area contributed by atoms with Crippen LogP contribution < -0.4 is 0 Å². The molecule has 0 saturated heterocycles. The zero-order valence-electron chi connectivity index (χ0n) is 20.4. The zero-order valence-corrected chi connectivity index (χ0v) is 21.5. The van der Waals surface area contributed by atoms with Gasteiger partial charge < -0.3 is 0 Å². The summed E-state index contributed by atoms with van der Waals surface area (Å²) in [5, 5.41) is 0. The molecular formula is C36H26Fe. The van der Waals surface area contributed by atoms with Crippen LogP contribution in [0.3, 0.4) is 0 Å². The second kappa shape index (κ2) is 12.1. The van der Waals surface area contributed by atoms with Crippen LogP contribution >= 0.6 is 0 Å². The van der Waals surface area contributed by atoms with Gasteiger partial charge >= 0.3 is 0 Å². The minimum absolute atomic E-state index is 0. The molecule has 0 N–H and O–H groups in total. The van der Waals surface area contributed by atoms with Crippen molar-refractivity contribution in [2.24, 2.45) is 0 Å². The third-order valence-electron chi connectivity index (χ3n) is 6.75. The van der Waals surface area contributed by atoms with Gasteiger partial charge in [0.1, 0.15) is 0 Å². The minimum atomic E-state index is 0. The smallest absolute Gasteiger partial charge is 0.0124 e. The molecule has 2 saturated carbocycles. The molecule has 0 atom stereocenters. The average Bonchev–Trinajstić information content (AvgIpc) is 3.68. The van der Waals surface area contributed by atoms with Crippen molar-refractivity contribution in [2.75, 3.05) is 0 Å². The monoisotopic (exact) mass is 514 g/mol. The third kappa shape index (κ3) is 5.85. The van der Waals surface area contributed by atoms with Crippen molar-refractivity contribution in [3.63, 3.8) is 0 Å². The first kappa shape index (κ1) is 25.8. The predicted octanol–water partition coefficient (Wildman–Crippen LogP) is 8.70. The standard InChI is InChI=1S/C36H26.Fe/c1-2-10-27(9-1)29-17-21-33(22-18-29)35-15-7-5-13-31(35)25-26-32-14-6-8-16-36(32)34-23-19-30(20-24-34)28-11-3-4-12-28;/h1-26H;/b26-25+;. The first-order valence-corrected chi connectivity index (χ1v) is 12.4. The molecule has 0 heterocycles. The molecule has 2 fully saturated rings. The molecule has 0 aromatic heterocycles. The Kier molecular flexibility index (Phi) is 8.44. The van der Waals surface area contributed by atoms with Gasteiger partial charge in [-0.2, -0.15) is 0 Å². The maximum Gasteiger partial charge on any atom is 0.0124 e. The van der Waals surface area contributed by atoms with E-state index in [2.05, 4.69) is 161 Å². The summed E-state index contributed by atoms with van der Waals surface area (Å²) in [5.41, 5.74) is 9.83. The van der Waals surface area contributed by atoms with Crippen molar-refractivity contribution < 1.29 is 17.1 Å². The van der Waals surface area contributed by atoms with Gasteiger partial charge in [0.15, 0.2) is 0 Å². The SMILES string of the molecule is [CH]1[CH][CH][C](c2ccc(-c3ccccc3/C=C/c3ccccc3-c3ccc([C]4[CH][CH][CH][CH]4)cc3)cc2)[CH]1.[Fe]. The molecule has 37 heavy (non-hydrogen) atoms. The fraction of sp³-hybridized carbons (Fsp3) is 0. The Labute approximate surface area is 233 Å². The molecule has 0 nitrogen and oxygen atoms in total. The quantitative estimate of drug-likeness (QED) is 0.178. The number of rotatable bonds is 6. The molecular weight excluding hydrogens is 488 g/mol. The second-order valence-electron chi connectivity index (χ2n) is 9.01. The van der Waals surface area contributed by atoms with Gasteiger partial charge in [-0.25, -0.2) is 0 Å². The Balaban J connectivity index is 0.00000280. The van der Waals surface area contributed by atoms with E-state index in [4.69, 9.17) is 0 Å². The van der Waals surface area contributed by atoms with E-state index in [1.54, 1.807) is 0 Å². The van der Waals surface area contributed by atoms with Crippen LogP contribution in [-0.2, 0) is 17.1 Å². The Hall–Kier alpha value is -2.86. The van der Waals surface area contributed by atoms with E-state index in [1.165, 1.54) is 56.3 Å². The molecule has 0 aliphatic heterocycles. The molecule has 178 valence electrons. The van der Waals surface area contributed by atoms with E-state index in [0.717, 1.165) is 0 Å². The normalized spacial score (nSPS) is 16.3. The van der Waals surface area contributed by atoms with Crippen molar-refractivity contribution in [3.8, 4) is 22.3 Å². The molecule has 10 radical (unpaired) electrons. The first-order valence-electron chi connectivity index (χ1n) is 12.4. The molecule has 6 rings (SSSR count). The van der Waals surface area contributed by atoms with Crippen LogP contribution in [0.1, 0.15) is 22.3 Å². The van der Waals surface area contributed by atoms with Gasteiger partial charge in [-0.3, -0.25) is 0 Å². The topological polar surface area (TPSA) is 0 Å². The minimum Gasteiger partial charge on any atom is -0.0616 e. The van der Waals surface area contributed by atoms with Crippen LogP contribution in [0.2, 0.25) is 0 Å². The van der Waals surface area contributed by atoms with E-state index in [9.17, 15) is 0 Å². The van der Waals surface area contributed by atoms with Gasteiger partial charge in [-0.1, -0.05) is 109 Å². The Morgan fingerprint density at radius 1 is 0.351 bits per heavy atom. The number of benzene rings is 4. The largest absolute Gasteiger partial charge is 0.0616 e. The van der Waals surface area contributed by atoms with E-state index in [0.29, 0.717) is 0 Å². The summed E-state index contributed by atoms with van der Waals surface area (Å²) in [6, 6.07) is 34.9. The van der Waals surface area contributed by atoms with Crippen LogP contribution in [0, 0.1) is 63.2 Å². The second-order valence-corrected chi connectivity index (χ2v) is 9.01. The van der Waals surface area contributed by atoms with Crippen LogP contribution in [0.25, 0.3) is 34.4 Å². The van der Waals surface area contributed by atoms with Gasteiger partial charge in [0.05, 0.1) is 0 Å². The van der Waals surface area contributed by atoms with E-state index in [-0.39, 0.29) is 17.1 Å². The van der Waals surface area contributed by atoms with E-state index < -0.39 is 0 Å². The van der Waals surface area contributed by atoms with Gasteiger partial charge in [-0.05, 0) is 95.9 Å².